The number of halogens is 3. The predicted octanol–water partition coefficient (Wildman–Crippen LogP) is 5.01. The number of fused-ring (bicyclic) bond motifs is 1. The number of aromatic carboxylic acids is 1. The van der Waals surface area contributed by atoms with Gasteiger partial charge in [0, 0.05) is 5.39 Å². The zero-order valence-corrected chi connectivity index (χ0v) is 12.4. The van der Waals surface area contributed by atoms with Crippen molar-refractivity contribution >= 4 is 28.2 Å². The summed E-state index contributed by atoms with van der Waals surface area (Å²) < 4.78 is 39.0. The Morgan fingerprint density at radius 3 is 2.32 bits per heavy atom. The summed E-state index contributed by atoms with van der Waals surface area (Å²) in [6.07, 6.45) is -4.59. The molecule has 0 fully saturated rings. The summed E-state index contributed by atoms with van der Waals surface area (Å²) in [6, 6.07) is 8.88. The van der Waals surface area contributed by atoms with Gasteiger partial charge >= 0.3 is 12.1 Å². The molecule has 128 valence electrons. The Labute approximate surface area is 138 Å². The molecule has 0 amide bonds. The molecule has 25 heavy (non-hydrogen) atoms. The van der Waals surface area contributed by atoms with Crippen LogP contribution in [0.15, 0.2) is 52.7 Å². The summed E-state index contributed by atoms with van der Waals surface area (Å²) in [5.74, 6) is -1.64. The van der Waals surface area contributed by atoms with E-state index < -0.39 is 23.6 Å². The topological polar surface area (TPSA) is 98.0 Å². The maximum atomic E-state index is 13.0. The van der Waals surface area contributed by atoms with Gasteiger partial charge in [0.2, 0.25) is 5.88 Å². The van der Waals surface area contributed by atoms with Crippen molar-refractivity contribution < 1.29 is 28.2 Å². The first-order valence-electron chi connectivity index (χ1n) is 6.93. The van der Waals surface area contributed by atoms with Crippen molar-refractivity contribution in [1.82, 2.24) is 4.98 Å². The highest BCUT2D eigenvalue weighted by Crippen LogP contribution is 2.42. The number of hydrogen-bond donors (Lipinski definition) is 3. The van der Waals surface area contributed by atoms with Crippen LogP contribution in [0.1, 0.15) is 15.9 Å². The van der Waals surface area contributed by atoms with Gasteiger partial charge in [-0.05, 0) is 30.3 Å². The number of carboxylic acids is 1. The highest BCUT2D eigenvalue weighted by atomic mass is 19.4. The molecule has 1 heterocycles. The van der Waals surface area contributed by atoms with E-state index in [1.807, 2.05) is 0 Å². The number of benzene rings is 2. The standard InChI is InChI=1S/C16H10F3N3O3/c17-16(18,19)11-3-1-2-10-12(11)20-14(23)13(10)22-21-9-6-4-8(5-7-9)15(24)25/h1-7,20,23H,(H,24,25). The molecular formula is C16H10F3N3O3. The average molecular weight is 349 g/mol. The number of carbonyl (C=O) groups is 1. The first-order valence-corrected chi connectivity index (χ1v) is 6.93. The molecular weight excluding hydrogens is 339 g/mol. The van der Waals surface area contributed by atoms with E-state index in [1.165, 1.54) is 36.4 Å². The van der Waals surface area contributed by atoms with Gasteiger partial charge in [-0.15, -0.1) is 5.11 Å². The van der Waals surface area contributed by atoms with Gasteiger partial charge in [-0.2, -0.15) is 18.3 Å². The zero-order valence-electron chi connectivity index (χ0n) is 12.4. The fourth-order valence-electron chi connectivity index (χ4n) is 2.31. The van der Waals surface area contributed by atoms with E-state index in [0.29, 0.717) is 0 Å². The molecule has 6 nitrogen and oxygen atoms in total. The molecule has 0 aliphatic rings. The lowest BCUT2D eigenvalue weighted by atomic mass is 10.1. The van der Waals surface area contributed by atoms with Crippen LogP contribution < -0.4 is 0 Å². The van der Waals surface area contributed by atoms with Crippen LogP contribution in [0.2, 0.25) is 0 Å². The summed E-state index contributed by atoms with van der Waals surface area (Å²) in [7, 11) is 0. The molecule has 0 saturated heterocycles. The number of nitrogens with zero attached hydrogens (tertiary/aromatic N) is 2. The minimum absolute atomic E-state index is 0.0590. The van der Waals surface area contributed by atoms with Crippen molar-refractivity contribution in [3.8, 4) is 5.88 Å². The van der Waals surface area contributed by atoms with Gasteiger partial charge in [0.15, 0.2) is 5.69 Å². The fourth-order valence-corrected chi connectivity index (χ4v) is 2.31. The van der Waals surface area contributed by atoms with E-state index >= 15 is 0 Å². The number of H-pyrrole nitrogens is 1. The third-order valence-electron chi connectivity index (χ3n) is 3.47. The average Bonchev–Trinajstić information content (AvgIpc) is 2.87. The number of aromatic nitrogens is 1. The van der Waals surface area contributed by atoms with Gasteiger partial charge in [-0.3, -0.25) is 0 Å². The van der Waals surface area contributed by atoms with Gasteiger partial charge in [0.05, 0.1) is 22.3 Å². The van der Waals surface area contributed by atoms with E-state index in [0.717, 1.165) is 6.07 Å². The number of para-hydroxylation sites is 1. The summed E-state index contributed by atoms with van der Waals surface area (Å²) in [4.78, 5) is 13.0. The van der Waals surface area contributed by atoms with Gasteiger partial charge in [-0.1, -0.05) is 12.1 Å². The van der Waals surface area contributed by atoms with E-state index in [9.17, 15) is 23.1 Å². The maximum absolute atomic E-state index is 13.0. The highest BCUT2D eigenvalue weighted by Gasteiger charge is 2.34. The Bertz CT molecular complexity index is 976. The Balaban J connectivity index is 2.02. The lowest BCUT2D eigenvalue weighted by Gasteiger charge is -2.06. The molecule has 2 aromatic carbocycles. The van der Waals surface area contributed by atoms with Gasteiger partial charge in [0.1, 0.15) is 0 Å². The van der Waals surface area contributed by atoms with Crippen molar-refractivity contribution in [1.29, 1.82) is 0 Å². The van der Waals surface area contributed by atoms with Crippen molar-refractivity contribution in [3.63, 3.8) is 0 Å². The molecule has 0 aliphatic heterocycles. The molecule has 3 N–H and O–H groups in total. The van der Waals surface area contributed by atoms with Crippen LogP contribution in [0.25, 0.3) is 10.9 Å². The number of nitrogens with one attached hydrogen (secondary N) is 1. The van der Waals surface area contributed by atoms with Crippen LogP contribution in [0.5, 0.6) is 5.88 Å². The molecule has 0 saturated carbocycles. The molecule has 3 aromatic rings. The summed E-state index contributed by atoms with van der Waals surface area (Å²) in [6.45, 7) is 0. The van der Waals surface area contributed by atoms with E-state index in [1.54, 1.807) is 0 Å². The van der Waals surface area contributed by atoms with Crippen LogP contribution in [0.4, 0.5) is 24.5 Å². The monoisotopic (exact) mass is 349 g/mol. The first-order chi connectivity index (χ1) is 11.8. The Hall–Kier alpha value is -3.36. The lowest BCUT2D eigenvalue weighted by Crippen LogP contribution is -2.05. The van der Waals surface area contributed by atoms with Crippen molar-refractivity contribution in [2.24, 2.45) is 10.2 Å². The molecule has 9 heteroatoms. The quantitative estimate of drug-likeness (QED) is 0.580. The zero-order chi connectivity index (χ0) is 18.2. The SMILES string of the molecule is O=C(O)c1ccc(N=Nc2c(O)[nH]c3c(C(F)(F)F)cccc23)cc1. The summed E-state index contributed by atoms with van der Waals surface area (Å²) in [5, 5.41) is 26.4. The first kappa shape index (κ1) is 16.5. The normalized spacial score (nSPS) is 12.1. The fraction of sp³-hybridized carbons (Fsp3) is 0.0625. The minimum atomic E-state index is -4.59. The largest absolute Gasteiger partial charge is 0.493 e. The van der Waals surface area contributed by atoms with Crippen LogP contribution in [-0.2, 0) is 6.18 Å². The van der Waals surface area contributed by atoms with E-state index in [4.69, 9.17) is 5.11 Å². The van der Waals surface area contributed by atoms with Gasteiger partial charge in [0.25, 0.3) is 0 Å². The molecule has 0 unspecified atom stereocenters. The Kier molecular flexibility index (Phi) is 3.91. The predicted molar refractivity (Wildman–Crippen MR) is 82.5 cm³/mol. The number of azo groups is 1. The van der Waals surface area contributed by atoms with Crippen molar-refractivity contribution in [3.05, 3.63) is 53.6 Å². The van der Waals surface area contributed by atoms with Crippen LogP contribution in [0.3, 0.4) is 0 Å². The van der Waals surface area contributed by atoms with E-state index in [2.05, 4.69) is 15.2 Å². The van der Waals surface area contributed by atoms with Crippen LogP contribution in [0, 0.1) is 0 Å². The third kappa shape index (κ3) is 3.16. The third-order valence-corrected chi connectivity index (χ3v) is 3.47. The molecule has 0 aliphatic carbocycles. The van der Waals surface area contributed by atoms with Crippen molar-refractivity contribution in [2.75, 3.05) is 0 Å². The number of alkyl halides is 3. The number of carboxylic acid groups (broad SMARTS) is 1. The lowest BCUT2D eigenvalue weighted by molar-refractivity contribution is -0.136. The maximum Gasteiger partial charge on any atom is 0.418 e. The number of aromatic hydroxyl groups is 1. The molecule has 0 bridgehead atoms. The second-order valence-corrected chi connectivity index (χ2v) is 5.10. The molecule has 3 rings (SSSR count). The molecule has 1 aromatic heterocycles. The van der Waals surface area contributed by atoms with Gasteiger partial charge < -0.3 is 15.2 Å². The molecule has 0 spiro atoms. The number of hydrogen-bond acceptors (Lipinski definition) is 4. The smallest absolute Gasteiger partial charge is 0.418 e. The number of aromatic amines is 1. The van der Waals surface area contributed by atoms with Crippen LogP contribution >= 0.6 is 0 Å². The Morgan fingerprint density at radius 1 is 1.04 bits per heavy atom. The Morgan fingerprint density at radius 2 is 1.72 bits per heavy atom. The minimum Gasteiger partial charge on any atom is -0.493 e. The second-order valence-electron chi connectivity index (χ2n) is 5.10. The van der Waals surface area contributed by atoms with E-state index in [-0.39, 0.29) is 27.8 Å². The van der Waals surface area contributed by atoms with Crippen LogP contribution in [-0.4, -0.2) is 21.2 Å². The van der Waals surface area contributed by atoms with Crippen molar-refractivity contribution in [2.45, 2.75) is 6.18 Å². The summed E-state index contributed by atoms with van der Waals surface area (Å²) >= 11 is 0. The second kappa shape index (κ2) is 5.93. The van der Waals surface area contributed by atoms with Gasteiger partial charge in [-0.25, -0.2) is 4.79 Å². The highest BCUT2D eigenvalue weighted by molar-refractivity contribution is 5.96. The molecule has 0 atom stereocenters. The summed E-state index contributed by atoms with van der Waals surface area (Å²) in [5.41, 5.74) is -1.01. The molecule has 0 radical (unpaired) electrons. The number of rotatable bonds is 3.